The van der Waals surface area contributed by atoms with Gasteiger partial charge in [-0.1, -0.05) is 60.7 Å². The second-order valence-electron chi connectivity index (χ2n) is 6.32. The Bertz CT molecular complexity index is 1050. The van der Waals surface area contributed by atoms with Crippen molar-refractivity contribution in [2.24, 2.45) is 0 Å². The van der Waals surface area contributed by atoms with Crippen molar-refractivity contribution in [3.8, 4) is 5.75 Å². The third kappa shape index (κ3) is 5.81. The highest BCUT2D eigenvalue weighted by Crippen LogP contribution is 2.21. The highest BCUT2D eigenvalue weighted by molar-refractivity contribution is 5.96. The lowest BCUT2D eigenvalue weighted by Gasteiger charge is -2.09. The summed E-state index contributed by atoms with van der Waals surface area (Å²) in [7, 11) is 0. The molecular weight excluding hydrogens is 364 g/mol. The molecule has 3 aromatic rings. The minimum Gasteiger partial charge on any atom is -0.489 e. The highest BCUT2D eigenvalue weighted by atomic mass is 16.5. The first-order valence-electron chi connectivity index (χ1n) is 9.26. The van der Waals surface area contributed by atoms with Crippen LogP contribution in [-0.4, -0.2) is 11.8 Å². The number of amides is 2. The Morgan fingerprint density at radius 1 is 0.897 bits per heavy atom. The molecule has 0 saturated heterocycles. The molecule has 0 aliphatic rings. The van der Waals surface area contributed by atoms with Crippen LogP contribution in [0.1, 0.15) is 22.8 Å². The standard InChI is InChI=1S/C24H22N2O3/c1-2-3-4-9-23(27)25-26-24(28)20-12-10-18(11-13-20)17-29-22-15-14-19-7-5-6-8-21(19)16-22/h2-16H,17H2,1H3,(H,25,27)(H,26,28). The van der Waals surface area contributed by atoms with E-state index in [1.807, 2.05) is 55.5 Å². The van der Waals surface area contributed by atoms with Crippen LogP contribution in [0, 0.1) is 0 Å². The largest absolute Gasteiger partial charge is 0.489 e. The molecule has 2 amide bonds. The van der Waals surface area contributed by atoms with Gasteiger partial charge in [0.2, 0.25) is 0 Å². The van der Waals surface area contributed by atoms with Gasteiger partial charge < -0.3 is 4.74 Å². The molecule has 0 atom stereocenters. The second-order valence-corrected chi connectivity index (χ2v) is 6.32. The Hall–Kier alpha value is -3.86. The zero-order chi connectivity index (χ0) is 20.5. The molecular formula is C24H22N2O3. The zero-order valence-electron chi connectivity index (χ0n) is 16.1. The molecule has 0 fully saturated rings. The Kier molecular flexibility index (Phi) is 6.79. The topological polar surface area (TPSA) is 67.4 Å². The molecule has 5 nitrogen and oxygen atoms in total. The normalized spacial score (nSPS) is 11.1. The summed E-state index contributed by atoms with van der Waals surface area (Å²) in [5.74, 6) is -0.00385. The lowest BCUT2D eigenvalue weighted by atomic mass is 10.1. The van der Waals surface area contributed by atoms with Crippen LogP contribution in [-0.2, 0) is 11.4 Å². The zero-order valence-corrected chi connectivity index (χ0v) is 16.1. The molecule has 0 bridgehead atoms. The summed E-state index contributed by atoms with van der Waals surface area (Å²) in [6.07, 6.45) is 6.44. The van der Waals surface area contributed by atoms with E-state index in [0.29, 0.717) is 12.2 Å². The predicted molar refractivity (Wildman–Crippen MR) is 114 cm³/mol. The van der Waals surface area contributed by atoms with Gasteiger partial charge in [-0.2, -0.15) is 0 Å². The van der Waals surface area contributed by atoms with Gasteiger partial charge in [0.25, 0.3) is 11.8 Å². The number of hydrogen-bond donors (Lipinski definition) is 2. The van der Waals surface area contributed by atoms with Crippen LogP contribution in [0.4, 0.5) is 0 Å². The Balaban J connectivity index is 1.52. The van der Waals surface area contributed by atoms with Gasteiger partial charge in [0.05, 0.1) is 0 Å². The van der Waals surface area contributed by atoms with Crippen LogP contribution in [0.25, 0.3) is 10.8 Å². The lowest BCUT2D eigenvalue weighted by Crippen LogP contribution is -2.40. The number of hydrogen-bond acceptors (Lipinski definition) is 3. The average molecular weight is 386 g/mol. The summed E-state index contributed by atoms with van der Waals surface area (Å²) in [5, 5.41) is 2.29. The third-order valence-corrected chi connectivity index (χ3v) is 4.19. The molecule has 3 aromatic carbocycles. The third-order valence-electron chi connectivity index (χ3n) is 4.19. The molecule has 0 aliphatic heterocycles. The van der Waals surface area contributed by atoms with E-state index in [4.69, 9.17) is 4.74 Å². The maximum atomic E-state index is 12.1. The monoisotopic (exact) mass is 386 g/mol. The number of benzene rings is 3. The van der Waals surface area contributed by atoms with Crippen LogP contribution < -0.4 is 15.6 Å². The molecule has 0 radical (unpaired) electrons. The minimum absolute atomic E-state index is 0.389. The van der Waals surface area contributed by atoms with Crippen molar-refractivity contribution >= 4 is 22.6 Å². The summed E-state index contributed by atoms with van der Waals surface area (Å²) >= 11 is 0. The van der Waals surface area contributed by atoms with E-state index in [9.17, 15) is 9.59 Å². The van der Waals surface area contributed by atoms with Crippen LogP contribution in [0.3, 0.4) is 0 Å². The van der Waals surface area contributed by atoms with E-state index >= 15 is 0 Å². The van der Waals surface area contributed by atoms with Crippen molar-refractivity contribution in [3.63, 3.8) is 0 Å². The van der Waals surface area contributed by atoms with Gasteiger partial charge in [-0.15, -0.1) is 0 Å². The number of hydrazine groups is 1. The van der Waals surface area contributed by atoms with E-state index in [-0.39, 0.29) is 5.91 Å². The van der Waals surface area contributed by atoms with E-state index < -0.39 is 5.91 Å². The highest BCUT2D eigenvalue weighted by Gasteiger charge is 2.06. The predicted octanol–water partition coefficient (Wildman–Crippen LogP) is 4.31. The maximum absolute atomic E-state index is 12.1. The molecule has 29 heavy (non-hydrogen) atoms. The van der Waals surface area contributed by atoms with Crippen molar-refractivity contribution in [1.82, 2.24) is 10.9 Å². The molecule has 5 heteroatoms. The summed E-state index contributed by atoms with van der Waals surface area (Å²) in [5.41, 5.74) is 6.09. The smallest absolute Gasteiger partial charge is 0.269 e. The molecule has 0 saturated carbocycles. The molecule has 0 aromatic heterocycles. The Labute approximate surface area is 169 Å². The van der Waals surface area contributed by atoms with Crippen LogP contribution in [0.15, 0.2) is 91.0 Å². The summed E-state index contributed by atoms with van der Waals surface area (Å²) in [6, 6.07) is 21.1. The number of ether oxygens (including phenoxy) is 1. The van der Waals surface area contributed by atoms with Crippen LogP contribution >= 0.6 is 0 Å². The quantitative estimate of drug-likeness (QED) is 0.377. The molecule has 3 rings (SSSR count). The molecule has 0 unspecified atom stereocenters. The van der Waals surface area contributed by atoms with E-state index in [1.165, 1.54) is 11.5 Å². The van der Waals surface area contributed by atoms with Crippen molar-refractivity contribution < 1.29 is 14.3 Å². The van der Waals surface area contributed by atoms with E-state index in [1.54, 1.807) is 30.4 Å². The first-order chi connectivity index (χ1) is 14.2. The first-order valence-corrected chi connectivity index (χ1v) is 9.26. The molecule has 0 spiro atoms. The van der Waals surface area contributed by atoms with Gasteiger partial charge in [-0.25, -0.2) is 0 Å². The summed E-state index contributed by atoms with van der Waals surface area (Å²) < 4.78 is 5.86. The summed E-state index contributed by atoms with van der Waals surface area (Å²) in [6.45, 7) is 2.24. The van der Waals surface area contributed by atoms with Crippen LogP contribution in [0.2, 0.25) is 0 Å². The Morgan fingerprint density at radius 2 is 1.66 bits per heavy atom. The minimum atomic E-state index is -0.406. The Morgan fingerprint density at radius 3 is 2.41 bits per heavy atom. The van der Waals surface area contributed by atoms with Gasteiger partial charge in [0.1, 0.15) is 12.4 Å². The van der Waals surface area contributed by atoms with Gasteiger partial charge in [0.15, 0.2) is 0 Å². The van der Waals surface area contributed by atoms with Crippen molar-refractivity contribution in [3.05, 3.63) is 102 Å². The number of carbonyl (C=O) groups excluding carboxylic acids is 2. The van der Waals surface area contributed by atoms with E-state index in [2.05, 4.69) is 16.9 Å². The molecule has 0 aliphatic carbocycles. The van der Waals surface area contributed by atoms with Crippen molar-refractivity contribution in [2.75, 3.05) is 0 Å². The number of fused-ring (bicyclic) bond motifs is 1. The van der Waals surface area contributed by atoms with Gasteiger partial charge in [-0.05, 0) is 47.5 Å². The lowest BCUT2D eigenvalue weighted by molar-refractivity contribution is -0.117. The fourth-order valence-electron chi connectivity index (χ4n) is 2.66. The number of rotatable bonds is 6. The number of nitrogens with one attached hydrogen (secondary N) is 2. The molecule has 0 heterocycles. The van der Waals surface area contributed by atoms with Crippen molar-refractivity contribution in [2.45, 2.75) is 13.5 Å². The van der Waals surface area contributed by atoms with Gasteiger partial charge in [0, 0.05) is 11.6 Å². The van der Waals surface area contributed by atoms with Gasteiger partial charge in [-0.3, -0.25) is 20.4 Å². The average Bonchev–Trinajstić information content (AvgIpc) is 2.76. The number of carbonyl (C=O) groups is 2. The van der Waals surface area contributed by atoms with E-state index in [0.717, 1.165) is 16.7 Å². The van der Waals surface area contributed by atoms with Gasteiger partial charge >= 0.3 is 0 Å². The van der Waals surface area contributed by atoms with Crippen LogP contribution in [0.5, 0.6) is 5.75 Å². The molecule has 2 N–H and O–H groups in total. The first kappa shape index (κ1) is 19.9. The summed E-state index contributed by atoms with van der Waals surface area (Å²) in [4.78, 5) is 23.6. The number of allylic oxidation sites excluding steroid dienone is 3. The maximum Gasteiger partial charge on any atom is 0.269 e. The second kappa shape index (κ2) is 9.90. The molecule has 146 valence electrons. The fraction of sp³-hybridized carbons (Fsp3) is 0.0833. The van der Waals surface area contributed by atoms with Crippen molar-refractivity contribution in [1.29, 1.82) is 0 Å². The SMILES string of the molecule is CC=CC=CC(=O)NNC(=O)c1ccc(COc2ccc3ccccc3c2)cc1. The fourth-order valence-corrected chi connectivity index (χ4v) is 2.66.